The fourth-order valence-corrected chi connectivity index (χ4v) is 2.39. The number of nitrogens with one attached hydrogen (secondary N) is 1. The van der Waals surface area contributed by atoms with Crippen LogP contribution in [0.15, 0.2) is 53.5 Å². The number of fused-ring (bicyclic) bond motifs is 1. The molecule has 5 nitrogen and oxygen atoms in total. The van der Waals surface area contributed by atoms with E-state index in [9.17, 15) is 4.79 Å². The summed E-state index contributed by atoms with van der Waals surface area (Å²) < 4.78 is 1.73. The van der Waals surface area contributed by atoms with Crippen LogP contribution in [0.3, 0.4) is 0 Å². The van der Waals surface area contributed by atoms with Gasteiger partial charge in [0, 0.05) is 29.9 Å². The number of benzene rings is 1. The smallest absolute Gasteiger partial charge is 0.252 e. The fourth-order valence-electron chi connectivity index (χ4n) is 2.39. The fraction of sp³-hybridized carbons (Fsp3) is 0.278. The summed E-state index contributed by atoms with van der Waals surface area (Å²) in [6, 6.07) is 13.1. The molecule has 118 valence electrons. The number of nitrogens with zero attached hydrogens (tertiary/aromatic N) is 3. The summed E-state index contributed by atoms with van der Waals surface area (Å²) >= 11 is 0. The molecule has 2 aromatic heterocycles. The molecule has 3 rings (SSSR count). The Morgan fingerprint density at radius 3 is 2.65 bits per heavy atom. The third kappa shape index (κ3) is 3.56. The Morgan fingerprint density at radius 1 is 1.13 bits per heavy atom. The Hall–Kier alpha value is -2.69. The van der Waals surface area contributed by atoms with Gasteiger partial charge >= 0.3 is 0 Å². The van der Waals surface area contributed by atoms with Crippen molar-refractivity contribution in [3.8, 4) is 0 Å². The summed E-state index contributed by atoms with van der Waals surface area (Å²) in [4.78, 5) is 21.1. The summed E-state index contributed by atoms with van der Waals surface area (Å²) in [5, 5.41) is 4.04. The third-order valence-electron chi connectivity index (χ3n) is 3.68. The molecule has 0 saturated heterocycles. The third-order valence-corrected chi connectivity index (χ3v) is 3.68. The summed E-state index contributed by atoms with van der Waals surface area (Å²) in [7, 11) is 0. The van der Waals surface area contributed by atoms with Gasteiger partial charge in [-0.2, -0.15) is 4.98 Å². The van der Waals surface area contributed by atoms with Crippen molar-refractivity contribution in [1.29, 1.82) is 0 Å². The average Bonchev–Trinajstić information content (AvgIpc) is 2.54. The lowest BCUT2D eigenvalue weighted by molar-refractivity contribution is 0.515. The highest BCUT2D eigenvalue weighted by Crippen LogP contribution is 2.16. The highest BCUT2D eigenvalue weighted by molar-refractivity contribution is 5.75. The van der Waals surface area contributed by atoms with E-state index in [1.54, 1.807) is 22.9 Å². The van der Waals surface area contributed by atoms with Gasteiger partial charge in [-0.1, -0.05) is 32.0 Å². The van der Waals surface area contributed by atoms with E-state index in [0.717, 1.165) is 17.5 Å². The van der Waals surface area contributed by atoms with Crippen LogP contribution >= 0.6 is 0 Å². The topological polar surface area (TPSA) is 59.8 Å². The highest BCUT2D eigenvalue weighted by atomic mass is 16.1. The van der Waals surface area contributed by atoms with Crippen LogP contribution in [-0.2, 0) is 6.54 Å². The molecule has 0 aliphatic carbocycles. The maximum Gasteiger partial charge on any atom is 0.252 e. The van der Waals surface area contributed by atoms with Gasteiger partial charge in [-0.15, -0.1) is 0 Å². The van der Waals surface area contributed by atoms with Crippen LogP contribution in [0.25, 0.3) is 11.0 Å². The monoisotopic (exact) mass is 308 g/mol. The number of hydrogen-bond acceptors (Lipinski definition) is 4. The van der Waals surface area contributed by atoms with E-state index in [-0.39, 0.29) is 5.56 Å². The van der Waals surface area contributed by atoms with Crippen molar-refractivity contribution in [3.05, 3.63) is 59.0 Å². The van der Waals surface area contributed by atoms with Crippen LogP contribution in [0.5, 0.6) is 0 Å². The molecule has 0 radical (unpaired) electrons. The molecular weight excluding hydrogens is 288 g/mol. The van der Waals surface area contributed by atoms with Crippen LogP contribution in [-0.4, -0.2) is 14.5 Å². The van der Waals surface area contributed by atoms with Gasteiger partial charge < -0.3 is 5.32 Å². The molecule has 0 aliphatic heterocycles. The predicted octanol–water partition coefficient (Wildman–Crippen LogP) is 3.58. The quantitative estimate of drug-likeness (QED) is 0.782. The maximum atomic E-state index is 12.2. The molecular formula is C18H20N4O. The van der Waals surface area contributed by atoms with Crippen LogP contribution in [0.1, 0.15) is 20.3 Å². The molecule has 23 heavy (non-hydrogen) atoms. The van der Waals surface area contributed by atoms with Gasteiger partial charge in [0.05, 0.1) is 0 Å². The molecule has 5 heteroatoms. The van der Waals surface area contributed by atoms with Gasteiger partial charge in [0.25, 0.3) is 5.56 Å². The second-order valence-corrected chi connectivity index (χ2v) is 5.97. The normalized spacial score (nSPS) is 11.1. The SMILES string of the molecule is CC(C)CCn1c(=O)ccc2cnc(Nc3ccccc3)nc21. The molecule has 0 fully saturated rings. The van der Waals surface area contributed by atoms with Gasteiger partial charge in [0.15, 0.2) is 0 Å². The first kappa shape index (κ1) is 15.2. The molecule has 0 amide bonds. The zero-order chi connectivity index (χ0) is 16.2. The molecule has 2 heterocycles. The maximum absolute atomic E-state index is 12.2. The number of aromatic nitrogens is 3. The molecule has 0 spiro atoms. The van der Waals surface area contributed by atoms with Crippen molar-refractivity contribution >= 4 is 22.7 Å². The van der Waals surface area contributed by atoms with Gasteiger partial charge in [-0.05, 0) is 30.5 Å². The van der Waals surface area contributed by atoms with E-state index in [4.69, 9.17) is 0 Å². The Kier molecular flexibility index (Phi) is 4.37. The minimum Gasteiger partial charge on any atom is -0.324 e. The van der Waals surface area contributed by atoms with Gasteiger partial charge in [-0.3, -0.25) is 9.36 Å². The van der Waals surface area contributed by atoms with Crippen molar-refractivity contribution in [2.24, 2.45) is 5.92 Å². The first-order valence-corrected chi connectivity index (χ1v) is 7.82. The zero-order valence-electron chi connectivity index (χ0n) is 13.4. The first-order chi connectivity index (χ1) is 11.1. The average molecular weight is 308 g/mol. The van der Waals surface area contributed by atoms with Crippen molar-refractivity contribution in [3.63, 3.8) is 0 Å². The summed E-state index contributed by atoms with van der Waals surface area (Å²) in [6.45, 7) is 4.96. The standard InChI is InChI=1S/C18H20N4O/c1-13(2)10-11-22-16(23)9-8-14-12-19-18(21-17(14)22)20-15-6-4-3-5-7-15/h3-9,12-13H,10-11H2,1-2H3,(H,19,20,21). The van der Waals surface area contributed by atoms with E-state index in [2.05, 4.69) is 29.1 Å². The van der Waals surface area contributed by atoms with Gasteiger partial charge in [0.2, 0.25) is 5.95 Å². The van der Waals surface area contributed by atoms with E-state index in [1.807, 2.05) is 30.3 Å². The van der Waals surface area contributed by atoms with Crippen molar-refractivity contribution in [2.45, 2.75) is 26.8 Å². The molecule has 0 atom stereocenters. The van der Waals surface area contributed by atoms with E-state index in [1.165, 1.54) is 0 Å². The number of para-hydroxylation sites is 1. The predicted molar refractivity (Wildman–Crippen MR) is 93.0 cm³/mol. The summed E-state index contributed by atoms with van der Waals surface area (Å²) in [5.41, 5.74) is 1.56. The van der Waals surface area contributed by atoms with Crippen LogP contribution in [0.4, 0.5) is 11.6 Å². The molecule has 0 unspecified atom stereocenters. The first-order valence-electron chi connectivity index (χ1n) is 7.82. The molecule has 1 N–H and O–H groups in total. The van der Waals surface area contributed by atoms with Gasteiger partial charge in [-0.25, -0.2) is 4.98 Å². The largest absolute Gasteiger partial charge is 0.324 e. The summed E-state index contributed by atoms with van der Waals surface area (Å²) in [6.07, 6.45) is 2.68. The van der Waals surface area contributed by atoms with E-state index >= 15 is 0 Å². The van der Waals surface area contributed by atoms with Crippen molar-refractivity contribution in [1.82, 2.24) is 14.5 Å². The Balaban J connectivity index is 1.99. The Bertz CT molecular complexity index is 856. The second kappa shape index (κ2) is 6.60. The number of pyridine rings is 1. The number of rotatable bonds is 5. The van der Waals surface area contributed by atoms with E-state index < -0.39 is 0 Å². The van der Waals surface area contributed by atoms with Crippen molar-refractivity contribution in [2.75, 3.05) is 5.32 Å². The lowest BCUT2D eigenvalue weighted by Gasteiger charge is -2.12. The van der Waals surface area contributed by atoms with Gasteiger partial charge in [0.1, 0.15) is 5.65 Å². The molecule has 0 saturated carbocycles. The highest BCUT2D eigenvalue weighted by Gasteiger charge is 2.08. The van der Waals surface area contributed by atoms with Crippen LogP contribution in [0, 0.1) is 5.92 Å². The van der Waals surface area contributed by atoms with Crippen LogP contribution in [0.2, 0.25) is 0 Å². The Morgan fingerprint density at radius 2 is 1.91 bits per heavy atom. The number of aryl methyl sites for hydroxylation is 1. The summed E-state index contributed by atoms with van der Waals surface area (Å²) in [5.74, 6) is 1.02. The minimum atomic E-state index is -0.0255. The molecule has 1 aromatic carbocycles. The number of hydrogen-bond donors (Lipinski definition) is 1. The Labute approximate surface area is 135 Å². The lowest BCUT2D eigenvalue weighted by atomic mass is 10.1. The zero-order valence-corrected chi connectivity index (χ0v) is 13.4. The number of anilines is 2. The molecule has 0 aliphatic rings. The molecule has 0 bridgehead atoms. The molecule has 3 aromatic rings. The van der Waals surface area contributed by atoms with Crippen LogP contribution < -0.4 is 10.9 Å². The van der Waals surface area contributed by atoms with Crippen molar-refractivity contribution < 1.29 is 0 Å². The van der Waals surface area contributed by atoms with E-state index in [0.29, 0.717) is 24.1 Å². The lowest BCUT2D eigenvalue weighted by Crippen LogP contribution is -2.21. The second-order valence-electron chi connectivity index (χ2n) is 5.97. The minimum absolute atomic E-state index is 0.0255.